The number of nitrogens with zero attached hydrogens (tertiary/aromatic N) is 2. The fourth-order valence-corrected chi connectivity index (χ4v) is 1.61. The maximum Gasteiger partial charge on any atom is 0.0949 e. The van der Waals surface area contributed by atoms with E-state index in [1.807, 2.05) is 56.7 Å². The smallest absolute Gasteiger partial charge is 0.0949 e. The summed E-state index contributed by atoms with van der Waals surface area (Å²) in [5, 5.41) is 8.88. The normalized spacial score (nSPS) is 8.89. The minimum absolute atomic E-state index is 0.151. The minimum Gasteiger partial charge on any atom is -0.395 e. The van der Waals surface area contributed by atoms with Gasteiger partial charge in [0, 0.05) is 24.9 Å². The van der Waals surface area contributed by atoms with Crippen molar-refractivity contribution in [1.29, 1.82) is 0 Å². The van der Waals surface area contributed by atoms with Gasteiger partial charge in [-0.3, -0.25) is 0 Å². The van der Waals surface area contributed by atoms with E-state index in [2.05, 4.69) is 17.1 Å². The lowest BCUT2D eigenvalue weighted by atomic mass is 10.1. The summed E-state index contributed by atoms with van der Waals surface area (Å²) in [6.45, 7) is 8.76. The Morgan fingerprint density at radius 2 is 1.68 bits per heavy atom. The maximum absolute atomic E-state index is 8.88. The third-order valence-electron chi connectivity index (χ3n) is 2.37. The van der Waals surface area contributed by atoms with E-state index in [1.165, 1.54) is 5.56 Å². The summed E-state index contributed by atoms with van der Waals surface area (Å²) in [6.07, 6.45) is 4.47. The summed E-state index contributed by atoms with van der Waals surface area (Å²) in [5.74, 6) is 0. The largest absolute Gasteiger partial charge is 0.395 e. The molecule has 0 bridgehead atoms. The van der Waals surface area contributed by atoms with Gasteiger partial charge in [-0.2, -0.15) is 0 Å². The van der Waals surface area contributed by atoms with Crippen molar-refractivity contribution in [3.8, 4) is 0 Å². The van der Waals surface area contributed by atoms with Gasteiger partial charge in [0.1, 0.15) is 0 Å². The standard InChI is InChI=1S/C12H14N2O.2C2H6/c15-7-6-14-10-13-9-12(14)8-11-4-2-1-3-5-11;2*1-2/h1-5,9-10,15H,6-8H2;2*1-2H3. The van der Waals surface area contributed by atoms with Crippen molar-refractivity contribution in [3.63, 3.8) is 0 Å². The molecule has 0 saturated heterocycles. The van der Waals surface area contributed by atoms with Crippen LogP contribution in [-0.2, 0) is 13.0 Å². The Bertz CT molecular complexity index is 410. The zero-order valence-corrected chi connectivity index (χ0v) is 12.5. The van der Waals surface area contributed by atoms with E-state index in [4.69, 9.17) is 5.11 Å². The Labute approximate surface area is 116 Å². The summed E-state index contributed by atoms with van der Waals surface area (Å²) in [5.41, 5.74) is 2.40. The molecule has 0 aliphatic heterocycles. The third-order valence-corrected chi connectivity index (χ3v) is 2.37. The summed E-state index contributed by atoms with van der Waals surface area (Å²) in [6, 6.07) is 10.3. The van der Waals surface area contributed by atoms with E-state index >= 15 is 0 Å². The molecule has 0 saturated carbocycles. The van der Waals surface area contributed by atoms with Gasteiger partial charge in [0.15, 0.2) is 0 Å². The second-order valence-electron chi connectivity index (χ2n) is 3.46. The summed E-state index contributed by atoms with van der Waals surface area (Å²) in [7, 11) is 0. The molecule has 106 valence electrons. The number of imidazole rings is 1. The van der Waals surface area contributed by atoms with Gasteiger partial charge < -0.3 is 9.67 Å². The minimum atomic E-state index is 0.151. The first-order valence-electron chi connectivity index (χ1n) is 7.04. The summed E-state index contributed by atoms with van der Waals surface area (Å²) in [4.78, 5) is 4.09. The first-order chi connectivity index (χ1) is 9.40. The van der Waals surface area contributed by atoms with Crippen molar-refractivity contribution in [2.24, 2.45) is 0 Å². The predicted octanol–water partition coefficient (Wildman–Crippen LogP) is 3.52. The Morgan fingerprint density at radius 3 is 2.26 bits per heavy atom. The van der Waals surface area contributed by atoms with E-state index in [0.29, 0.717) is 6.54 Å². The molecule has 3 heteroatoms. The highest BCUT2D eigenvalue weighted by Gasteiger charge is 2.02. The molecule has 1 N–H and O–H groups in total. The molecule has 2 aromatic rings. The van der Waals surface area contributed by atoms with Gasteiger partial charge >= 0.3 is 0 Å². The average Bonchev–Trinajstić information content (AvgIpc) is 2.92. The summed E-state index contributed by atoms with van der Waals surface area (Å²) >= 11 is 0. The molecule has 0 aliphatic rings. The zero-order valence-electron chi connectivity index (χ0n) is 12.5. The average molecular weight is 262 g/mol. The number of aliphatic hydroxyl groups excluding tert-OH is 1. The molecule has 3 nitrogen and oxygen atoms in total. The molecule has 1 heterocycles. The monoisotopic (exact) mass is 262 g/mol. The van der Waals surface area contributed by atoms with Crippen LogP contribution in [0.1, 0.15) is 39.0 Å². The topological polar surface area (TPSA) is 38.0 Å². The van der Waals surface area contributed by atoms with Gasteiger partial charge in [0.25, 0.3) is 0 Å². The number of hydrogen-bond donors (Lipinski definition) is 1. The van der Waals surface area contributed by atoms with Crippen LogP contribution in [-0.4, -0.2) is 21.3 Å². The lowest BCUT2D eigenvalue weighted by Crippen LogP contribution is -2.05. The van der Waals surface area contributed by atoms with Gasteiger partial charge in [-0.05, 0) is 5.56 Å². The highest BCUT2D eigenvalue weighted by molar-refractivity contribution is 5.20. The van der Waals surface area contributed by atoms with E-state index in [1.54, 1.807) is 6.33 Å². The van der Waals surface area contributed by atoms with Crippen molar-refractivity contribution >= 4 is 0 Å². The van der Waals surface area contributed by atoms with Crippen molar-refractivity contribution in [1.82, 2.24) is 9.55 Å². The predicted molar refractivity (Wildman–Crippen MR) is 81.3 cm³/mol. The Kier molecular flexibility index (Phi) is 10.5. The van der Waals surface area contributed by atoms with Crippen LogP contribution in [0, 0.1) is 0 Å². The molecule has 0 unspecified atom stereocenters. The maximum atomic E-state index is 8.88. The van der Waals surface area contributed by atoms with Crippen molar-refractivity contribution in [3.05, 3.63) is 54.1 Å². The van der Waals surface area contributed by atoms with Crippen LogP contribution < -0.4 is 0 Å². The molecular weight excluding hydrogens is 236 g/mol. The lowest BCUT2D eigenvalue weighted by Gasteiger charge is -2.05. The van der Waals surface area contributed by atoms with Gasteiger partial charge in [-0.1, -0.05) is 58.0 Å². The number of benzene rings is 1. The van der Waals surface area contributed by atoms with Crippen LogP contribution in [0.5, 0.6) is 0 Å². The fourth-order valence-electron chi connectivity index (χ4n) is 1.61. The SMILES string of the molecule is CC.CC.OCCn1cncc1Cc1ccccc1. The van der Waals surface area contributed by atoms with Crippen LogP contribution >= 0.6 is 0 Å². The zero-order chi connectivity index (χ0) is 14.5. The Balaban J connectivity index is 0.000000741. The van der Waals surface area contributed by atoms with Gasteiger partial charge in [0.2, 0.25) is 0 Å². The van der Waals surface area contributed by atoms with Crippen molar-refractivity contribution < 1.29 is 5.11 Å². The molecule has 0 radical (unpaired) electrons. The second-order valence-corrected chi connectivity index (χ2v) is 3.46. The highest BCUT2D eigenvalue weighted by atomic mass is 16.3. The molecule has 19 heavy (non-hydrogen) atoms. The Hall–Kier alpha value is -1.61. The number of hydrogen-bond acceptors (Lipinski definition) is 2. The molecule has 0 spiro atoms. The quantitative estimate of drug-likeness (QED) is 0.915. The van der Waals surface area contributed by atoms with Crippen LogP contribution in [0.15, 0.2) is 42.9 Å². The molecule has 1 aromatic carbocycles. The third kappa shape index (κ3) is 6.20. The first kappa shape index (κ1) is 17.4. The van der Waals surface area contributed by atoms with Crippen LogP contribution in [0.25, 0.3) is 0 Å². The number of aliphatic hydroxyl groups is 1. The Morgan fingerprint density at radius 1 is 1.05 bits per heavy atom. The van der Waals surface area contributed by atoms with Crippen molar-refractivity contribution in [2.45, 2.75) is 40.7 Å². The van der Waals surface area contributed by atoms with Crippen LogP contribution in [0.4, 0.5) is 0 Å². The molecule has 0 atom stereocenters. The van der Waals surface area contributed by atoms with Gasteiger partial charge in [-0.15, -0.1) is 0 Å². The van der Waals surface area contributed by atoms with Crippen molar-refractivity contribution in [2.75, 3.05) is 6.61 Å². The molecular formula is C16H26N2O. The number of aromatic nitrogens is 2. The molecule has 2 rings (SSSR count). The van der Waals surface area contributed by atoms with E-state index in [9.17, 15) is 0 Å². The lowest BCUT2D eigenvalue weighted by molar-refractivity contribution is 0.274. The van der Waals surface area contributed by atoms with Crippen LogP contribution in [0.2, 0.25) is 0 Å². The van der Waals surface area contributed by atoms with E-state index in [-0.39, 0.29) is 6.61 Å². The second kappa shape index (κ2) is 11.5. The van der Waals surface area contributed by atoms with Crippen LogP contribution in [0.3, 0.4) is 0 Å². The number of rotatable bonds is 4. The van der Waals surface area contributed by atoms with E-state index in [0.717, 1.165) is 12.1 Å². The fraction of sp³-hybridized carbons (Fsp3) is 0.438. The van der Waals surface area contributed by atoms with E-state index < -0.39 is 0 Å². The van der Waals surface area contributed by atoms with Gasteiger partial charge in [-0.25, -0.2) is 4.98 Å². The highest BCUT2D eigenvalue weighted by Crippen LogP contribution is 2.08. The van der Waals surface area contributed by atoms with Gasteiger partial charge in [0.05, 0.1) is 12.9 Å². The summed E-state index contributed by atoms with van der Waals surface area (Å²) < 4.78 is 1.98. The first-order valence-corrected chi connectivity index (χ1v) is 7.04. The molecule has 0 amide bonds. The molecule has 0 fully saturated rings. The molecule has 0 aliphatic carbocycles. The molecule has 1 aromatic heterocycles.